The second kappa shape index (κ2) is 5.58. The molecule has 0 aliphatic carbocycles. The minimum atomic E-state index is -0.217. The monoisotopic (exact) mass is 278 g/mol. The molecule has 3 aromatic rings. The molecule has 0 bridgehead atoms. The van der Waals surface area contributed by atoms with E-state index in [0.717, 1.165) is 16.6 Å². The molecule has 2 aromatic carbocycles. The van der Waals surface area contributed by atoms with Crippen LogP contribution in [0.3, 0.4) is 0 Å². The van der Waals surface area contributed by atoms with Crippen molar-refractivity contribution in [1.82, 2.24) is 9.97 Å². The molecule has 21 heavy (non-hydrogen) atoms. The van der Waals surface area contributed by atoms with E-state index in [1.807, 2.05) is 54.6 Å². The number of hydrazone groups is 1. The van der Waals surface area contributed by atoms with E-state index in [1.54, 1.807) is 0 Å². The van der Waals surface area contributed by atoms with Gasteiger partial charge in [-0.05, 0) is 17.7 Å². The van der Waals surface area contributed by atoms with Crippen molar-refractivity contribution in [3.8, 4) is 0 Å². The zero-order valence-corrected chi connectivity index (χ0v) is 11.3. The number of nitrogens with one attached hydrogen (secondary N) is 1. The lowest BCUT2D eigenvalue weighted by Crippen LogP contribution is -2.20. The molecule has 1 aromatic heterocycles. The van der Waals surface area contributed by atoms with Crippen LogP contribution in [0.4, 0.5) is 0 Å². The lowest BCUT2D eigenvalue weighted by molar-refractivity contribution is 1.06. The summed E-state index contributed by atoms with van der Waals surface area (Å²) in [6, 6.07) is 16.9. The second-order valence-electron chi connectivity index (χ2n) is 4.65. The minimum Gasteiger partial charge on any atom is -0.323 e. The molecule has 0 amide bonds. The van der Waals surface area contributed by atoms with Crippen LogP contribution in [0.1, 0.15) is 11.3 Å². The van der Waals surface area contributed by atoms with Gasteiger partial charge in [0.1, 0.15) is 5.69 Å². The molecule has 0 atom stereocenters. The first-order valence-electron chi connectivity index (χ1n) is 6.58. The SMILES string of the molecule is NN=C(Cc1nc2ccccc2[nH]c1=O)c1ccccc1. The first kappa shape index (κ1) is 13.1. The Morgan fingerprint density at radius 2 is 1.81 bits per heavy atom. The zero-order chi connectivity index (χ0) is 14.7. The van der Waals surface area contributed by atoms with Gasteiger partial charge in [0, 0.05) is 6.42 Å². The fraction of sp³-hybridized carbons (Fsp3) is 0.0625. The van der Waals surface area contributed by atoms with E-state index in [1.165, 1.54) is 0 Å². The Morgan fingerprint density at radius 1 is 1.10 bits per heavy atom. The minimum absolute atomic E-state index is 0.217. The number of nitrogens with two attached hydrogens (primary N) is 1. The number of nitrogens with zero attached hydrogens (tertiary/aromatic N) is 2. The molecule has 0 saturated carbocycles. The largest absolute Gasteiger partial charge is 0.323 e. The van der Waals surface area contributed by atoms with Gasteiger partial charge in [0.25, 0.3) is 5.56 Å². The van der Waals surface area contributed by atoms with Crippen molar-refractivity contribution in [3.63, 3.8) is 0 Å². The molecule has 104 valence electrons. The number of fused-ring (bicyclic) bond motifs is 1. The summed E-state index contributed by atoms with van der Waals surface area (Å²) in [5, 5.41) is 3.80. The molecule has 0 aliphatic heterocycles. The summed E-state index contributed by atoms with van der Waals surface area (Å²) in [7, 11) is 0. The van der Waals surface area contributed by atoms with Crippen molar-refractivity contribution in [2.24, 2.45) is 10.9 Å². The summed E-state index contributed by atoms with van der Waals surface area (Å²) in [5.74, 6) is 5.46. The summed E-state index contributed by atoms with van der Waals surface area (Å²) in [5.41, 5.74) is 3.17. The van der Waals surface area contributed by atoms with E-state index in [4.69, 9.17) is 5.84 Å². The fourth-order valence-corrected chi connectivity index (χ4v) is 2.20. The van der Waals surface area contributed by atoms with Crippen molar-refractivity contribution in [3.05, 3.63) is 76.2 Å². The molecular weight excluding hydrogens is 264 g/mol. The summed E-state index contributed by atoms with van der Waals surface area (Å²) in [6.07, 6.45) is 0.292. The summed E-state index contributed by atoms with van der Waals surface area (Å²) < 4.78 is 0. The summed E-state index contributed by atoms with van der Waals surface area (Å²) in [6.45, 7) is 0. The molecule has 5 heteroatoms. The van der Waals surface area contributed by atoms with Crippen molar-refractivity contribution in [2.75, 3.05) is 0 Å². The Kier molecular flexibility index (Phi) is 3.47. The highest BCUT2D eigenvalue weighted by Crippen LogP contribution is 2.08. The maximum Gasteiger partial charge on any atom is 0.270 e. The van der Waals surface area contributed by atoms with Gasteiger partial charge >= 0.3 is 0 Å². The third-order valence-electron chi connectivity index (χ3n) is 3.27. The number of hydrogen-bond acceptors (Lipinski definition) is 4. The van der Waals surface area contributed by atoms with Crippen LogP contribution in [0.5, 0.6) is 0 Å². The molecule has 3 N–H and O–H groups in total. The number of H-pyrrole nitrogens is 1. The summed E-state index contributed by atoms with van der Waals surface area (Å²) >= 11 is 0. The predicted molar refractivity (Wildman–Crippen MR) is 83.2 cm³/mol. The number of aromatic amines is 1. The van der Waals surface area contributed by atoms with Gasteiger partial charge < -0.3 is 10.8 Å². The topological polar surface area (TPSA) is 84.1 Å². The van der Waals surface area contributed by atoms with Crippen LogP contribution in [0.2, 0.25) is 0 Å². The Bertz CT molecular complexity index is 853. The number of hydrogen-bond donors (Lipinski definition) is 2. The quantitative estimate of drug-likeness (QED) is 0.435. The van der Waals surface area contributed by atoms with Gasteiger partial charge in [-0.3, -0.25) is 4.79 Å². The van der Waals surface area contributed by atoms with Crippen LogP contribution in [-0.4, -0.2) is 15.7 Å². The van der Waals surface area contributed by atoms with Gasteiger partial charge in [0.05, 0.1) is 16.7 Å². The molecule has 0 spiro atoms. The van der Waals surface area contributed by atoms with E-state index >= 15 is 0 Å². The molecule has 0 fully saturated rings. The Hall–Kier alpha value is -2.95. The fourth-order valence-electron chi connectivity index (χ4n) is 2.20. The second-order valence-corrected chi connectivity index (χ2v) is 4.65. The summed E-state index contributed by atoms with van der Waals surface area (Å²) in [4.78, 5) is 19.3. The predicted octanol–water partition coefficient (Wildman–Crippen LogP) is 1.83. The van der Waals surface area contributed by atoms with Gasteiger partial charge in [-0.2, -0.15) is 5.10 Å². The van der Waals surface area contributed by atoms with Crippen molar-refractivity contribution >= 4 is 16.7 Å². The highest BCUT2D eigenvalue weighted by Gasteiger charge is 2.10. The van der Waals surface area contributed by atoms with Crippen LogP contribution >= 0.6 is 0 Å². The average Bonchev–Trinajstić information content (AvgIpc) is 2.53. The number of para-hydroxylation sites is 2. The lowest BCUT2D eigenvalue weighted by Gasteiger charge is -2.05. The van der Waals surface area contributed by atoms with Crippen LogP contribution in [0, 0.1) is 0 Å². The number of aromatic nitrogens is 2. The molecule has 5 nitrogen and oxygen atoms in total. The Labute approximate surface area is 121 Å². The Balaban J connectivity index is 2.01. The average molecular weight is 278 g/mol. The van der Waals surface area contributed by atoms with E-state index in [0.29, 0.717) is 17.8 Å². The van der Waals surface area contributed by atoms with Gasteiger partial charge in [0.15, 0.2) is 0 Å². The zero-order valence-electron chi connectivity index (χ0n) is 11.3. The van der Waals surface area contributed by atoms with Gasteiger partial charge in [-0.15, -0.1) is 0 Å². The van der Waals surface area contributed by atoms with Gasteiger partial charge in [-0.1, -0.05) is 42.5 Å². The van der Waals surface area contributed by atoms with Crippen molar-refractivity contribution in [1.29, 1.82) is 0 Å². The number of benzene rings is 2. The van der Waals surface area contributed by atoms with Gasteiger partial charge in [-0.25, -0.2) is 4.98 Å². The van der Waals surface area contributed by atoms with Crippen LogP contribution in [0.25, 0.3) is 11.0 Å². The molecule has 0 aliphatic rings. The van der Waals surface area contributed by atoms with E-state index < -0.39 is 0 Å². The van der Waals surface area contributed by atoms with Crippen LogP contribution in [0.15, 0.2) is 64.5 Å². The third kappa shape index (κ3) is 2.67. The molecule has 1 heterocycles. The molecule has 3 rings (SSSR count). The molecule has 0 radical (unpaired) electrons. The highest BCUT2D eigenvalue weighted by atomic mass is 16.1. The first-order valence-corrected chi connectivity index (χ1v) is 6.58. The van der Waals surface area contributed by atoms with Gasteiger partial charge in [0.2, 0.25) is 0 Å². The molecule has 0 saturated heterocycles. The van der Waals surface area contributed by atoms with E-state index in [9.17, 15) is 4.79 Å². The maximum absolute atomic E-state index is 12.1. The maximum atomic E-state index is 12.1. The van der Waals surface area contributed by atoms with Crippen molar-refractivity contribution in [2.45, 2.75) is 6.42 Å². The Morgan fingerprint density at radius 3 is 2.57 bits per heavy atom. The van der Waals surface area contributed by atoms with E-state index in [2.05, 4.69) is 15.1 Å². The van der Waals surface area contributed by atoms with E-state index in [-0.39, 0.29) is 5.56 Å². The highest BCUT2D eigenvalue weighted by molar-refractivity contribution is 6.01. The van der Waals surface area contributed by atoms with Crippen LogP contribution < -0.4 is 11.4 Å². The smallest absolute Gasteiger partial charge is 0.270 e. The van der Waals surface area contributed by atoms with Crippen LogP contribution in [-0.2, 0) is 6.42 Å². The third-order valence-corrected chi connectivity index (χ3v) is 3.27. The van der Waals surface area contributed by atoms with Crippen molar-refractivity contribution < 1.29 is 0 Å². The lowest BCUT2D eigenvalue weighted by atomic mass is 10.1. The molecular formula is C16H14N4O. The molecule has 0 unspecified atom stereocenters. The normalized spacial score (nSPS) is 11.7. The first-order chi connectivity index (χ1) is 10.3. The number of rotatable bonds is 3. The standard InChI is InChI=1S/C16H14N4O/c17-20-14(11-6-2-1-3-7-11)10-15-16(21)19-13-9-5-4-8-12(13)18-15/h1-9H,10,17H2,(H,19,21).